The van der Waals surface area contributed by atoms with Crippen LogP contribution in [0.1, 0.15) is 50.4 Å². The third-order valence-corrected chi connectivity index (χ3v) is 10.6. The van der Waals surface area contributed by atoms with Crippen molar-refractivity contribution in [3.05, 3.63) is 40.4 Å². The number of ether oxygens (including phenoxy) is 1. The van der Waals surface area contributed by atoms with Crippen LogP contribution >= 0.6 is 11.3 Å². The molecule has 0 bridgehead atoms. The summed E-state index contributed by atoms with van der Waals surface area (Å²) in [5.74, 6) is -1.54. The number of β-lactam (4-membered cyclic amide) rings is 1. The Hall–Kier alpha value is -4.37. The molecule has 1 aromatic heterocycles. The summed E-state index contributed by atoms with van der Waals surface area (Å²) in [5, 5.41) is 33.7. The second-order valence-corrected chi connectivity index (χ2v) is 15.0. The standard InChI is InChI=1S/C29H36N8O10S2/c1-28(2)22(25(39)37(28)47-49(42,43)44)35-24(38)21(18-12-48-27(31)34-18)36-46-29(3,26(40)41)20-7-5-13-8-14(4-6-19(13)45-20)23(30)33-17-9-15-10-32-11-16(15)17/h4,6,8,12,15-17,20,22,32H,5,7,9-11H2,1-3H3,(H2,30,33)(H2,31,34)(H,35,38)(H,40,41)(H,42,43,44)/t15-,16+,17?,20-,22?,29?/m1/s1. The van der Waals surface area contributed by atoms with Gasteiger partial charge >= 0.3 is 16.4 Å². The van der Waals surface area contributed by atoms with E-state index in [0.717, 1.165) is 36.4 Å². The van der Waals surface area contributed by atoms with Gasteiger partial charge in [-0.25, -0.2) is 9.78 Å². The number of amidine groups is 1. The monoisotopic (exact) mass is 720 g/mol. The largest absolute Gasteiger partial charge is 0.485 e. The summed E-state index contributed by atoms with van der Waals surface area (Å²) in [5.41, 5.74) is 3.10. The first-order valence-electron chi connectivity index (χ1n) is 15.4. The fourth-order valence-electron chi connectivity index (χ4n) is 6.55. The Balaban J connectivity index is 1.17. The minimum atomic E-state index is -5.03. The quantitative estimate of drug-likeness (QED) is 0.0532. The molecule has 0 radical (unpaired) electrons. The highest BCUT2D eigenvalue weighted by atomic mass is 32.3. The molecule has 2 amide bonds. The zero-order valence-corrected chi connectivity index (χ0v) is 28.3. The van der Waals surface area contributed by atoms with Gasteiger partial charge < -0.3 is 36.4 Å². The van der Waals surface area contributed by atoms with E-state index < -0.39 is 57.2 Å². The highest BCUT2D eigenvalue weighted by Crippen LogP contribution is 2.38. The van der Waals surface area contributed by atoms with Crippen molar-refractivity contribution in [3.63, 3.8) is 0 Å². The number of rotatable bonds is 11. The number of aromatic nitrogens is 1. The number of nitrogens with two attached hydrogens (primary N) is 1. The van der Waals surface area contributed by atoms with Gasteiger partial charge in [-0.3, -0.25) is 19.6 Å². The third kappa shape index (κ3) is 6.53. The SMILES string of the molecule is CC(ON=C(C(=O)NC1C(=O)N(OS(=O)(=O)O)C1(C)C)c1csc(N)n1)(C(=O)O)[C@H]1CCc2cc(C(=N)NC3C[C@@H]4CNC[C@H]34)ccc2O1. The number of benzene rings is 1. The minimum absolute atomic E-state index is 0.0616. The lowest BCUT2D eigenvalue weighted by molar-refractivity contribution is -0.218. The number of oxime groups is 1. The van der Waals surface area contributed by atoms with E-state index in [9.17, 15) is 27.9 Å². The number of thiazole rings is 1. The predicted molar refractivity (Wildman–Crippen MR) is 173 cm³/mol. The van der Waals surface area contributed by atoms with Crippen molar-refractivity contribution in [2.75, 3.05) is 18.8 Å². The molecule has 1 saturated carbocycles. The molecule has 3 aliphatic heterocycles. The lowest BCUT2D eigenvalue weighted by Crippen LogP contribution is -2.76. The lowest BCUT2D eigenvalue weighted by Gasteiger charge is -2.50. The minimum Gasteiger partial charge on any atom is -0.485 e. The van der Waals surface area contributed by atoms with E-state index in [-0.39, 0.29) is 23.3 Å². The maximum Gasteiger partial charge on any atom is 0.418 e. The van der Waals surface area contributed by atoms with Crippen LogP contribution in [0.3, 0.4) is 0 Å². The number of anilines is 1. The number of nitrogen functional groups attached to an aromatic ring is 1. The number of carboxylic acid groups (broad SMARTS) is 1. The summed E-state index contributed by atoms with van der Waals surface area (Å²) >= 11 is 0.968. The average molecular weight is 721 g/mol. The van der Waals surface area contributed by atoms with E-state index in [1.165, 1.54) is 26.2 Å². The van der Waals surface area contributed by atoms with Gasteiger partial charge in [0.1, 0.15) is 23.3 Å². The van der Waals surface area contributed by atoms with Crippen LogP contribution in [0.15, 0.2) is 28.7 Å². The van der Waals surface area contributed by atoms with Crippen LogP contribution in [0.25, 0.3) is 0 Å². The molecule has 8 N–H and O–H groups in total. The number of hydrogen-bond donors (Lipinski definition) is 7. The molecule has 1 aliphatic carbocycles. The van der Waals surface area contributed by atoms with Gasteiger partial charge in [0, 0.05) is 23.5 Å². The van der Waals surface area contributed by atoms with E-state index in [4.69, 9.17) is 25.3 Å². The van der Waals surface area contributed by atoms with Crippen molar-refractivity contribution in [2.45, 2.75) is 69.4 Å². The molecule has 1 aromatic carbocycles. The fraction of sp³-hybridized carbons (Fsp3) is 0.517. The fourth-order valence-corrected chi connectivity index (χ4v) is 7.55. The van der Waals surface area contributed by atoms with Crippen molar-refractivity contribution in [1.29, 1.82) is 5.41 Å². The molecule has 6 atom stereocenters. The molecule has 18 nitrogen and oxygen atoms in total. The van der Waals surface area contributed by atoms with Gasteiger partial charge in [0.25, 0.3) is 17.4 Å². The number of amides is 2. The Morgan fingerprint density at radius 3 is 2.69 bits per heavy atom. The molecule has 2 saturated heterocycles. The number of carboxylic acids is 1. The summed E-state index contributed by atoms with van der Waals surface area (Å²) in [7, 11) is -5.03. The number of carbonyl (C=O) groups is 3. The molecule has 3 fully saturated rings. The van der Waals surface area contributed by atoms with Gasteiger partial charge in [-0.2, -0.15) is 13.5 Å². The number of nitrogens with one attached hydrogen (secondary N) is 4. The first kappa shape index (κ1) is 34.5. The normalized spacial score (nSPS) is 26.9. The molecule has 0 spiro atoms. The number of carbonyl (C=O) groups excluding carboxylic acids is 2. The van der Waals surface area contributed by atoms with Gasteiger partial charge in [0.2, 0.25) is 0 Å². The maximum atomic E-state index is 13.5. The number of fused-ring (bicyclic) bond motifs is 2. The van der Waals surface area contributed by atoms with Crippen molar-refractivity contribution < 1.29 is 46.3 Å². The van der Waals surface area contributed by atoms with Crippen LogP contribution in [0.4, 0.5) is 5.13 Å². The van der Waals surface area contributed by atoms with E-state index in [1.54, 1.807) is 12.1 Å². The Morgan fingerprint density at radius 1 is 1.31 bits per heavy atom. The van der Waals surface area contributed by atoms with Crippen molar-refractivity contribution >= 4 is 56.2 Å². The van der Waals surface area contributed by atoms with Crippen molar-refractivity contribution in [3.8, 4) is 5.75 Å². The number of hydrogen-bond acceptors (Lipinski definition) is 14. The molecule has 6 rings (SSSR count). The van der Waals surface area contributed by atoms with Crippen molar-refractivity contribution in [2.24, 2.45) is 17.0 Å². The molecular weight excluding hydrogens is 684 g/mol. The molecule has 49 heavy (non-hydrogen) atoms. The zero-order valence-electron chi connectivity index (χ0n) is 26.6. The van der Waals surface area contributed by atoms with Crippen LogP contribution in [0.5, 0.6) is 5.75 Å². The molecule has 4 heterocycles. The van der Waals surface area contributed by atoms with Gasteiger partial charge in [-0.05, 0) is 82.2 Å². The second-order valence-electron chi connectivity index (χ2n) is 13.1. The number of nitrogens with zero attached hydrogens (tertiary/aromatic N) is 3. The summed E-state index contributed by atoms with van der Waals surface area (Å²) < 4.78 is 41.8. The smallest absolute Gasteiger partial charge is 0.418 e. The van der Waals surface area contributed by atoms with Crippen LogP contribution in [0, 0.1) is 17.2 Å². The van der Waals surface area contributed by atoms with Crippen LogP contribution in [-0.2, 0) is 40.3 Å². The van der Waals surface area contributed by atoms with E-state index >= 15 is 0 Å². The van der Waals surface area contributed by atoms with E-state index in [0.29, 0.717) is 40.5 Å². The van der Waals surface area contributed by atoms with Crippen molar-refractivity contribution in [1.82, 2.24) is 26.0 Å². The second kappa shape index (κ2) is 12.5. The highest BCUT2D eigenvalue weighted by Gasteiger charge is 2.58. The Kier molecular flexibility index (Phi) is 8.80. The molecule has 264 valence electrons. The summed E-state index contributed by atoms with van der Waals surface area (Å²) in [6.45, 7) is 5.96. The first-order valence-corrected chi connectivity index (χ1v) is 17.6. The maximum absolute atomic E-state index is 13.5. The third-order valence-electron chi connectivity index (χ3n) is 9.56. The molecular formula is C29H36N8O10S2. The summed E-state index contributed by atoms with van der Waals surface area (Å²) in [4.78, 5) is 48.4. The Bertz CT molecular complexity index is 1850. The average Bonchev–Trinajstić information content (AvgIpc) is 3.64. The van der Waals surface area contributed by atoms with Crippen LogP contribution < -0.4 is 26.4 Å². The molecule has 4 aliphatic rings. The van der Waals surface area contributed by atoms with E-state index in [2.05, 4.69) is 30.4 Å². The first-order chi connectivity index (χ1) is 23.0. The van der Waals surface area contributed by atoms with Gasteiger partial charge in [-0.15, -0.1) is 15.6 Å². The lowest BCUT2D eigenvalue weighted by atomic mass is 9.71. The number of aryl methyl sites for hydroxylation is 1. The molecule has 2 aromatic rings. The zero-order chi connectivity index (χ0) is 35.5. The number of aliphatic carboxylic acids is 1. The van der Waals surface area contributed by atoms with Gasteiger partial charge in [0.05, 0.1) is 5.54 Å². The van der Waals surface area contributed by atoms with Gasteiger partial charge in [0.15, 0.2) is 16.9 Å². The Labute approximate surface area is 284 Å². The molecule has 3 unspecified atom stereocenters. The van der Waals surface area contributed by atoms with Gasteiger partial charge in [-0.1, -0.05) is 5.16 Å². The number of hydroxylamine groups is 2. The topological polar surface area (TPSA) is 268 Å². The Morgan fingerprint density at radius 2 is 2.06 bits per heavy atom. The highest BCUT2D eigenvalue weighted by molar-refractivity contribution is 7.80. The van der Waals surface area contributed by atoms with E-state index in [1.807, 2.05) is 6.07 Å². The summed E-state index contributed by atoms with van der Waals surface area (Å²) in [6, 6.07) is 4.18. The van der Waals surface area contributed by atoms with Crippen LogP contribution in [0.2, 0.25) is 0 Å². The summed E-state index contributed by atoms with van der Waals surface area (Å²) in [6.07, 6.45) is 0.570. The predicted octanol–water partition coefficient (Wildman–Crippen LogP) is 0.0460. The van der Waals surface area contributed by atoms with Crippen LogP contribution in [-0.4, -0.2) is 99.9 Å². The molecule has 20 heteroatoms.